The van der Waals surface area contributed by atoms with E-state index in [-0.39, 0.29) is 12.1 Å². The first-order valence-corrected chi connectivity index (χ1v) is 5.95. The third-order valence-corrected chi connectivity index (χ3v) is 3.01. The van der Waals surface area contributed by atoms with Crippen LogP contribution in [0.15, 0.2) is 30.3 Å². The summed E-state index contributed by atoms with van der Waals surface area (Å²) in [4.78, 5) is 10.9. The van der Waals surface area contributed by atoms with Gasteiger partial charge in [-0.25, -0.2) is 0 Å². The summed E-state index contributed by atoms with van der Waals surface area (Å²) in [6.07, 6.45) is 5.27. The maximum absolute atomic E-state index is 10.9. The highest BCUT2D eigenvalue weighted by Gasteiger charge is 2.20. The van der Waals surface area contributed by atoms with E-state index in [9.17, 15) is 4.79 Å². The monoisotopic (exact) mass is 314 g/mol. The molecule has 0 saturated carbocycles. The van der Waals surface area contributed by atoms with Gasteiger partial charge in [-0.05, 0) is 52.8 Å². The van der Waals surface area contributed by atoms with E-state index in [2.05, 4.69) is 46.9 Å². The predicted octanol–water partition coefficient (Wildman–Crippen LogP) is 3.01. The third-order valence-electron chi connectivity index (χ3n) is 2.29. The number of halogens is 1. The Bertz CT molecular complexity index is 381. The molecule has 0 spiro atoms. The van der Waals surface area contributed by atoms with Gasteiger partial charge < -0.3 is 4.74 Å². The van der Waals surface area contributed by atoms with E-state index in [4.69, 9.17) is 4.74 Å². The number of benzene rings is 1. The molecular weight excluding hydrogens is 303 g/mol. The molecule has 0 aliphatic carbocycles. The molecular formula is C12H11IO2. The second kappa shape index (κ2) is 4.79. The summed E-state index contributed by atoms with van der Waals surface area (Å²) in [6.45, 7) is 0. The molecule has 1 fully saturated rings. The van der Waals surface area contributed by atoms with E-state index < -0.39 is 0 Å². The molecule has 1 aromatic carbocycles. The molecule has 1 aliphatic heterocycles. The van der Waals surface area contributed by atoms with Crippen LogP contribution in [0.5, 0.6) is 0 Å². The number of cyclic esters (lactones) is 1. The van der Waals surface area contributed by atoms with Gasteiger partial charge in [0.05, 0.1) is 0 Å². The molecule has 0 unspecified atom stereocenters. The van der Waals surface area contributed by atoms with Crippen LogP contribution in [0.2, 0.25) is 0 Å². The molecule has 1 atom stereocenters. The Balaban J connectivity index is 1.99. The van der Waals surface area contributed by atoms with Gasteiger partial charge in [-0.3, -0.25) is 4.79 Å². The Morgan fingerprint density at radius 1 is 1.33 bits per heavy atom. The van der Waals surface area contributed by atoms with Gasteiger partial charge >= 0.3 is 5.97 Å². The van der Waals surface area contributed by atoms with Crippen LogP contribution >= 0.6 is 22.6 Å². The molecule has 78 valence electrons. The maximum Gasteiger partial charge on any atom is 0.306 e. The predicted molar refractivity (Wildman–Crippen MR) is 67.3 cm³/mol. The summed E-state index contributed by atoms with van der Waals surface area (Å²) in [5.74, 6) is -0.0905. The van der Waals surface area contributed by atoms with Gasteiger partial charge in [0.25, 0.3) is 0 Å². The summed E-state index contributed by atoms with van der Waals surface area (Å²) in [5.41, 5.74) is 1.14. The van der Waals surface area contributed by atoms with Crippen molar-refractivity contribution < 1.29 is 9.53 Å². The fourth-order valence-electron chi connectivity index (χ4n) is 1.47. The minimum absolute atomic E-state index is 0.0308. The third kappa shape index (κ3) is 3.06. The van der Waals surface area contributed by atoms with Crippen molar-refractivity contribution in [3.63, 3.8) is 0 Å². The first-order valence-electron chi connectivity index (χ1n) is 4.87. The van der Waals surface area contributed by atoms with Crippen molar-refractivity contribution in [3.05, 3.63) is 39.5 Å². The maximum atomic E-state index is 10.9. The number of hydrogen-bond donors (Lipinski definition) is 0. The highest BCUT2D eigenvalue weighted by molar-refractivity contribution is 14.1. The van der Waals surface area contributed by atoms with Crippen molar-refractivity contribution in [1.29, 1.82) is 0 Å². The van der Waals surface area contributed by atoms with E-state index in [1.807, 2.05) is 12.2 Å². The van der Waals surface area contributed by atoms with Gasteiger partial charge in [-0.2, -0.15) is 0 Å². The Labute approximate surface area is 102 Å². The molecule has 2 rings (SSSR count). The van der Waals surface area contributed by atoms with Crippen molar-refractivity contribution in [2.75, 3.05) is 0 Å². The van der Waals surface area contributed by atoms with Crippen molar-refractivity contribution >= 4 is 34.6 Å². The normalized spacial score (nSPS) is 20.9. The van der Waals surface area contributed by atoms with E-state index in [1.165, 1.54) is 3.57 Å². The first-order chi connectivity index (χ1) is 7.24. The Kier molecular flexibility index (Phi) is 3.41. The zero-order valence-electron chi connectivity index (χ0n) is 8.15. The summed E-state index contributed by atoms with van der Waals surface area (Å²) < 4.78 is 6.30. The summed E-state index contributed by atoms with van der Waals surface area (Å²) in [6, 6.07) is 8.21. The number of ether oxygens (including phenoxy) is 1. The van der Waals surface area contributed by atoms with Crippen molar-refractivity contribution in [2.45, 2.75) is 18.9 Å². The van der Waals surface area contributed by atoms with Gasteiger partial charge in [0.2, 0.25) is 0 Å². The van der Waals surface area contributed by atoms with E-state index in [1.54, 1.807) is 0 Å². The molecule has 1 aromatic rings. The zero-order valence-corrected chi connectivity index (χ0v) is 10.3. The van der Waals surface area contributed by atoms with Crippen LogP contribution in [0.3, 0.4) is 0 Å². The molecule has 0 aromatic heterocycles. The van der Waals surface area contributed by atoms with Gasteiger partial charge in [-0.15, -0.1) is 0 Å². The quantitative estimate of drug-likeness (QED) is 0.620. The van der Waals surface area contributed by atoms with E-state index in [0.29, 0.717) is 6.42 Å². The molecule has 1 heterocycles. The molecule has 0 radical (unpaired) electrons. The van der Waals surface area contributed by atoms with E-state index >= 15 is 0 Å². The Morgan fingerprint density at radius 2 is 2.07 bits per heavy atom. The first kappa shape index (κ1) is 10.7. The molecule has 0 N–H and O–H groups in total. The number of hydrogen-bond acceptors (Lipinski definition) is 2. The second-order valence-corrected chi connectivity index (χ2v) is 4.72. The van der Waals surface area contributed by atoms with Crippen LogP contribution in [-0.2, 0) is 9.53 Å². The SMILES string of the molecule is O=C1CC[C@@H](/C=C/c2ccc(I)cc2)O1. The highest BCUT2D eigenvalue weighted by Crippen LogP contribution is 2.16. The molecule has 0 bridgehead atoms. The average Bonchev–Trinajstić information content (AvgIpc) is 2.64. The lowest BCUT2D eigenvalue weighted by Gasteiger charge is -2.01. The largest absolute Gasteiger partial charge is 0.458 e. The van der Waals surface area contributed by atoms with Crippen LogP contribution in [0.25, 0.3) is 6.08 Å². The fraction of sp³-hybridized carbons (Fsp3) is 0.250. The molecule has 0 amide bonds. The van der Waals surface area contributed by atoms with Crippen LogP contribution < -0.4 is 0 Å². The minimum atomic E-state index is -0.0905. The van der Waals surface area contributed by atoms with Gasteiger partial charge in [0.15, 0.2) is 0 Å². The van der Waals surface area contributed by atoms with Crippen LogP contribution in [0.1, 0.15) is 18.4 Å². The number of esters is 1. The molecule has 1 aliphatic rings. The van der Waals surface area contributed by atoms with Crippen molar-refractivity contribution in [3.8, 4) is 0 Å². The van der Waals surface area contributed by atoms with Gasteiger partial charge in [-0.1, -0.05) is 18.2 Å². The molecule has 15 heavy (non-hydrogen) atoms. The number of rotatable bonds is 2. The van der Waals surface area contributed by atoms with Gasteiger partial charge in [0, 0.05) is 9.99 Å². The van der Waals surface area contributed by atoms with Gasteiger partial charge in [0.1, 0.15) is 6.10 Å². The van der Waals surface area contributed by atoms with Crippen LogP contribution in [0.4, 0.5) is 0 Å². The molecule has 2 nitrogen and oxygen atoms in total. The zero-order chi connectivity index (χ0) is 10.7. The smallest absolute Gasteiger partial charge is 0.306 e. The minimum Gasteiger partial charge on any atom is -0.458 e. The standard InChI is InChI=1S/C12H11IO2/c13-10-4-1-9(2-5-10)3-6-11-7-8-12(14)15-11/h1-6,11H,7-8H2/b6-3+/t11-/m1/s1. The number of carbonyl (C=O) groups excluding carboxylic acids is 1. The average molecular weight is 314 g/mol. The summed E-state index contributed by atoms with van der Waals surface area (Å²) in [7, 11) is 0. The highest BCUT2D eigenvalue weighted by atomic mass is 127. The van der Waals surface area contributed by atoms with E-state index in [0.717, 1.165) is 12.0 Å². The second-order valence-electron chi connectivity index (χ2n) is 3.48. The lowest BCUT2D eigenvalue weighted by atomic mass is 10.1. The molecule has 3 heteroatoms. The van der Waals surface area contributed by atoms with Crippen LogP contribution in [-0.4, -0.2) is 12.1 Å². The summed E-state index contributed by atoms with van der Waals surface area (Å²) >= 11 is 2.27. The Morgan fingerprint density at radius 3 is 2.67 bits per heavy atom. The lowest BCUT2D eigenvalue weighted by molar-refractivity contribution is -0.139. The van der Waals surface area contributed by atoms with Crippen molar-refractivity contribution in [1.82, 2.24) is 0 Å². The fourth-order valence-corrected chi connectivity index (χ4v) is 1.83. The number of carbonyl (C=O) groups is 1. The topological polar surface area (TPSA) is 26.3 Å². The van der Waals surface area contributed by atoms with Crippen LogP contribution in [0, 0.1) is 3.57 Å². The molecule has 1 saturated heterocycles. The summed E-state index contributed by atoms with van der Waals surface area (Å²) in [5, 5.41) is 0. The van der Waals surface area contributed by atoms with Crippen molar-refractivity contribution in [2.24, 2.45) is 0 Å². The lowest BCUT2D eigenvalue weighted by Crippen LogP contribution is -2.01. The Hall–Kier alpha value is -0.840.